The third-order valence-corrected chi connectivity index (χ3v) is 7.82. The number of carbonyl (C=O) groups is 1. The number of piperazine rings is 1. The number of aromatic nitrogens is 1. The Hall–Kier alpha value is -3.14. The van der Waals surface area contributed by atoms with Crippen molar-refractivity contribution in [3.63, 3.8) is 0 Å². The van der Waals surface area contributed by atoms with Crippen molar-refractivity contribution in [3.05, 3.63) is 93.9 Å². The van der Waals surface area contributed by atoms with E-state index in [1.807, 2.05) is 12.1 Å². The minimum Gasteiger partial charge on any atom is -0.353 e. The number of nitrogens with zero attached hydrogens (tertiary/aromatic N) is 4. The number of hydrogen-bond donors (Lipinski definition) is 1. The molecule has 0 radical (unpaired) electrons. The van der Waals surface area contributed by atoms with Crippen LogP contribution in [0.25, 0.3) is 0 Å². The van der Waals surface area contributed by atoms with Crippen molar-refractivity contribution in [1.29, 1.82) is 0 Å². The molecule has 0 saturated carbocycles. The third kappa shape index (κ3) is 6.90. The number of halogens is 4. The lowest BCUT2D eigenvalue weighted by molar-refractivity contribution is 0.0950. The molecule has 0 bridgehead atoms. The predicted octanol–water partition coefficient (Wildman–Crippen LogP) is 4.87. The number of piperidine rings is 1. The van der Waals surface area contributed by atoms with Gasteiger partial charge in [0.1, 0.15) is 23.3 Å². The lowest BCUT2D eigenvalue weighted by atomic mass is 10.0. The normalized spacial score (nSPS) is 17.4. The first-order valence-electron chi connectivity index (χ1n) is 13.2. The Morgan fingerprint density at radius 1 is 0.923 bits per heavy atom. The molecule has 1 aromatic heterocycles. The van der Waals surface area contributed by atoms with Crippen molar-refractivity contribution >= 4 is 23.3 Å². The van der Waals surface area contributed by atoms with E-state index in [0.717, 1.165) is 76.4 Å². The number of likely N-dealkylation sites (tertiary alicyclic amines) is 1. The van der Waals surface area contributed by atoms with Gasteiger partial charge in [-0.15, -0.1) is 0 Å². The van der Waals surface area contributed by atoms with E-state index in [9.17, 15) is 18.0 Å². The van der Waals surface area contributed by atoms with Crippen molar-refractivity contribution in [3.8, 4) is 0 Å². The van der Waals surface area contributed by atoms with Crippen LogP contribution >= 0.6 is 11.6 Å². The van der Waals surface area contributed by atoms with Gasteiger partial charge in [0.25, 0.3) is 5.91 Å². The Labute approximate surface area is 231 Å². The minimum atomic E-state index is -0.712. The van der Waals surface area contributed by atoms with Crippen LogP contribution in [0.4, 0.5) is 19.0 Å². The molecular weight excluding hydrogens is 527 g/mol. The molecule has 0 aliphatic carbocycles. The van der Waals surface area contributed by atoms with Crippen LogP contribution in [0.5, 0.6) is 0 Å². The number of amides is 1. The molecule has 6 nitrogen and oxygen atoms in total. The fourth-order valence-electron chi connectivity index (χ4n) is 5.32. The number of carbonyl (C=O) groups excluding carboxylic acids is 1. The van der Waals surface area contributed by atoms with Gasteiger partial charge in [0.05, 0.1) is 10.6 Å². The van der Waals surface area contributed by atoms with Gasteiger partial charge in [0, 0.05) is 63.1 Å². The highest BCUT2D eigenvalue weighted by Crippen LogP contribution is 2.27. The van der Waals surface area contributed by atoms with Gasteiger partial charge in [-0.3, -0.25) is 14.6 Å². The summed E-state index contributed by atoms with van der Waals surface area (Å²) >= 11 is 6.52. The highest BCUT2D eigenvalue weighted by Gasteiger charge is 2.28. The van der Waals surface area contributed by atoms with Gasteiger partial charge in [-0.1, -0.05) is 29.8 Å². The summed E-state index contributed by atoms with van der Waals surface area (Å²) in [6, 6.07) is 12.1. The Bertz CT molecular complexity index is 1290. The Morgan fingerprint density at radius 3 is 2.28 bits per heavy atom. The van der Waals surface area contributed by atoms with Crippen molar-refractivity contribution < 1.29 is 18.0 Å². The summed E-state index contributed by atoms with van der Waals surface area (Å²) in [6.45, 7) is 6.22. The van der Waals surface area contributed by atoms with E-state index < -0.39 is 17.5 Å². The summed E-state index contributed by atoms with van der Waals surface area (Å²) in [5, 5.41) is 3.01. The maximum absolute atomic E-state index is 13.8. The fraction of sp³-hybridized carbons (Fsp3) is 0.379. The smallest absolute Gasteiger partial charge is 0.253 e. The molecule has 2 aromatic carbocycles. The lowest BCUT2D eigenvalue weighted by Crippen LogP contribution is -2.53. The second kappa shape index (κ2) is 12.4. The molecule has 2 aliphatic rings. The van der Waals surface area contributed by atoms with Crippen molar-refractivity contribution in [1.82, 2.24) is 20.1 Å². The van der Waals surface area contributed by atoms with Crippen LogP contribution in [0.15, 0.2) is 54.7 Å². The fourth-order valence-corrected chi connectivity index (χ4v) is 5.61. The molecule has 5 rings (SSSR count). The van der Waals surface area contributed by atoms with Gasteiger partial charge in [-0.05, 0) is 55.8 Å². The highest BCUT2D eigenvalue weighted by molar-refractivity contribution is 6.33. The number of benzene rings is 2. The zero-order chi connectivity index (χ0) is 27.4. The summed E-state index contributed by atoms with van der Waals surface area (Å²) in [6.07, 6.45) is 3.68. The number of hydrogen-bond acceptors (Lipinski definition) is 5. The van der Waals surface area contributed by atoms with Crippen molar-refractivity contribution in [2.75, 3.05) is 44.2 Å². The van der Waals surface area contributed by atoms with E-state index in [1.54, 1.807) is 6.07 Å². The predicted molar refractivity (Wildman–Crippen MR) is 145 cm³/mol. The molecule has 3 aromatic rings. The average Bonchev–Trinajstić information content (AvgIpc) is 2.94. The first-order valence-corrected chi connectivity index (χ1v) is 13.6. The minimum absolute atomic E-state index is 0.0720. The van der Waals surface area contributed by atoms with Gasteiger partial charge in [0.2, 0.25) is 0 Å². The van der Waals surface area contributed by atoms with Gasteiger partial charge in [-0.2, -0.15) is 0 Å². The van der Waals surface area contributed by atoms with E-state index in [-0.39, 0.29) is 23.5 Å². The van der Waals surface area contributed by atoms with E-state index in [2.05, 4.69) is 25.0 Å². The summed E-state index contributed by atoms with van der Waals surface area (Å²) in [7, 11) is 0. The van der Waals surface area contributed by atoms with Crippen molar-refractivity contribution in [2.24, 2.45) is 0 Å². The standard InChI is InChI=1S/C29H31ClF3N5O/c30-26-15-22(29(39)35-17-21-3-6-24(32)16-27(21)33)18-34-28(26)38-13-11-37(12-14-38)25-7-9-36(10-8-25)19-20-1-4-23(31)5-2-20/h1-6,15-16,18,25H,7-14,17,19H2,(H,35,39). The zero-order valence-corrected chi connectivity index (χ0v) is 22.3. The van der Waals surface area contributed by atoms with Crippen molar-refractivity contribution in [2.45, 2.75) is 32.0 Å². The average molecular weight is 558 g/mol. The highest BCUT2D eigenvalue weighted by atomic mass is 35.5. The molecule has 1 amide bonds. The third-order valence-electron chi connectivity index (χ3n) is 7.55. The Balaban J connectivity index is 1.09. The van der Waals surface area contributed by atoms with Gasteiger partial charge in [-0.25, -0.2) is 18.2 Å². The second-order valence-electron chi connectivity index (χ2n) is 10.1. The summed E-state index contributed by atoms with van der Waals surface area (Å²) in [4.78, 5) is 24.1. The number of pyridine rings is 1. The van der Waals surface area contributed by atoms with Gasteiger partial charge < -0.3 is 10.2 Å². The van der Waals surface area contributed by atoms with Crippen LogP contribution in [0.2, 0.25) is 5.02 Å². The van der Waals surface area contributed by atoms with E-state index in [4.69, 9.17) is 11.6 Å². The van der Waals surface area contributed by atoms with Crippen LogP contribution < -0.4 is 10.2 Å². The molecule has 10 heteroatoms. The maximum Gasteiger partial charge on any atom is 0.253 e. The zero-order valence-electron chi connectivity index (χ0n) is 21.6. The molecule has 39 heavy (non-hydrogen) atoms. The molecule has 2 aliphatic heterocycles. The second-order valence-corrected chi connectivity index (χ2v) is 10.5. The molecule has 206 valence electrons. The maximum atomic E-state index is 13.8. The topological polar surface area (TPSA) is 51.7 Å². The van der Waals surface area contributed by atoms with Crippen LogP contribution in [0.1, 0.15) is 34.3 Å². The Morgan fingerprint density at radius 2 is 1.62 bits per heavy atom. The molecule has 1 N–H and O–H groups in total. The monoisotopic (exact) mass is 557 g/mol. The molecule has 2 fully saturated rings. The van der Waals surface area contributed by atoms with E-state index in [1.165, 1.54) is 24.4 Å². The first kappa shape index (κ1) is 27.4. The summed E-state index contributed by atoms with van der Waals surface area (Å²) in [5.41, 5.74) is 1.60. The molecule has 0 spiro atoms. The number of nitrogens with one attached hydrogen (secondary N) is 1. The lowest BCUT2D eigenvalue weighted by Gasteiger charge is -2.43. The largest absolute Gasteiger partial charge is 0.353 e. The quantitative estimate of drug-likeness (QED) is 0.449. The number of anilines is 1. The molecule has 0 atom stereocenters. The molecule has 2 saturated heterocycles. The molecule has 0 unspecified atom stereocenters. The van der Waals surface area contributed by atoms with Crippen LogP contribution in [-0.2, 0) is 13.1 Å². The van der Waals surface area contributed by atoms with Gasteiger partial charge >= 0.3 is 0 Å². The summed E-state index contributed by atoms with van der Waals surface area (Å²) in [5.74, 6) is -1.37. The van der Waals surface area contributed by atoms with Crippen LogP contribution in [0, 0.1) is 17.5 Å². The van der Waals surface area contributed by atoms with Gasteiger partial charge in [0.15, 0.2) is 0 Å². The number of rotatable bonds is 7. The Kier molecular flexibility index (Phi) is 8.69. The van der Waals surface area contributed by atoms with Crippen LogP contribution in [-0.4, -0.2) is 66.0 Å². The molecule has 3 heterocycles. The molecular formula is C29H31ClF3N5O. The first-order chi connectivity index (χ1) is 18.9. The van der Waals surface area contributed by atoms with E-state index >= 15 is 0 Å². The summed E-state index contributed by atoms with van der Waals surface area (Å²) < 4.78 is 40.1. The van der Waals surface area contributed by atoms with Crippen LogP contribution in [0.3, 0.4) is 0 Å². The van der Waals surface area contributed by atoms with E-state index in [0.29, 0.717) is 16.9 Å². The SMILES string of the molecule is O=C(NCc1ccc(F)cc1F)c1cnc(N2CCN(C3CCN(Cc4ccc(F)cc4)CC3)CC2)c(Cl)c1.